The molecule has 0 radical (unpaired) electrons. The van der Waals surface area contributed by atoms with Gasteiger partial charge in [0, 0.05) is 6.54 Å². The summed E-state index contributed by atoms with van der Waals surface area (Å²) in [5.74, 6) is 1.56. The Balaban J connectivity index is 1.49. The van der Waals surface area contributed by atoms with Gasteiger partial charge in [0.2, 0.25) is 0 Å². The third-order valence-electron chi connectivity index (χ3n) is 6.67. The molecule has 5 aromatic carbocycles. The predicted molar refractivity (Wildman–Crippen MR) is 148 cm³/mol. The van der Waals surface area contributed by atoms with Crippen molar-refractivity contribution in [3.63, 3.8) is 0 Å². The van der Waals surface area contributed by atoms with E-state index in [0.717, 1.165) is 50.1 Å². The van der Waals surface area contributed by atoms with E-state index in [1.54, 1.807) is 12.1 Å². The average molecular weight is 491 g/mol. The molecule has 0 amide bonds. The molecule has 0 N–H and O–H groups in total. The lowest BCUT2D eigenvalue weighted by atomic mass is 10.0. The van der Waals surface area contributed by atoms with Crippen molar-refractivity contribution in [2.45, 2.75) is 13.2 Å². The van der Waals surface area contributed by atoms with E-state index in [9.17, 15) is 5.26 Å². The zero-order valence-corrected chi connectivity index (χ0v) is 20.5. The van der Waals surface area contributed by atoms with Gasteiger partial charge in [0.05, 0.1) is 39.9 Å². The molecule has 1 heterocycles. The van der Waals surface area contributed by atoms with Crippen LogP contribution in [0.15, 0.2) is 109 Å². The van der Waals surface area contributed by atoms with Crippen molar-refractivity contribution in [3.05, 3.63) is 131 Å². The quantitative estimate of drug-likeness (QED) is 0.247. The van der Waals surface area contributed by atoms with Crippen LogP contribution in [0.25, 0.3) is 33.2 Å². The van der Waals surface area contributed by atoms with Gasteiger partial charge in [-0.2, -0.15) is 10.5 Å². The molecule has 6 rings (SSSR count). The van der Waals surface area contributed by atoms with Gasteiger partial charge >= 0.3 is 0 Å². The highest BCUT2D eigenvalue weighted by Crippen LogP contribution is 2.39. The van der Waals surface area contributed by atoms with Crippen molar-refractivity contribution < 1.29 is 4.74 Å². The summed E-state index contributed by atoms with van der Waals surface area (Å²) >= 11 is 0. The third-order valence-corrected chi connectivity index (χ3v) is 6.67. The SMILES string of the molecule is N#Cc1ccc(COc2ccc3ccccc3c2-c2nc3ccccc3n2Cc2ccc(C#N)cc2)cc1. The highest BCUT2D eigenvalue weighted by atomic mass is 16.5. The molecule has 0 aliphatic rings. The van der Waals surface area contributed by atoms with Gasteiger partial charge in [-0.3, -0.25) is 0 Å². The van der Waals surface area contributed by atoms with Crippen LogP contribution in [0.1, 0.15) is 22.3 Å². The summed E-state index contributed by atoms with van der Waals surface area (Å²) in [7, 11) is 0. The lowest BCUT2D eigenvalue weighted by Crippen LogP contribution is -2.05. The molecule has 5 heteroatoms. The monoisotopic (exact) mass is 490 g/mol. The zero-order chi connectivity index (χ0) is 25.9. The summed E-state index contributed by atoms with van der Waals surface area (Å²) in [5, 5.41) is 20.5. The fraction of sp³-hybridized carbons (Fsp3) is 0.0606. The molecule has 6 aromatic rings. The molecule has 0 fully saturated rings. The van der Waals surface area contributed by atoms with Crippen LogP contribution in [0.5, 0.6) is 5.75 Å². The number of benzene rings is 5. The number of nitriles is 2. The minimum absolute atomic E-state index is 0.368. The van der Waals surface area contributed by atoms with E-state index in [-0.39, 0.29) is 0 Å². The van der Waals surface area contributed by atoms with Crippen molar-refractivity contribution in [1.82, 2.24) is 9.55 Å². The number of hydrogen-bond acceptors (Lipinski definition) is 4. The Bertz CT molecular complexity index is 1850. The number of para-hydroxylation sites is 2. The summed E-state index contributed by atoms with van der Waals surface area (Å²) in [6, 6.07) is 39.9. The molecule has 180 valence electrons. The van der Waals surface area contributed by atoms with Gasteiger partial charge in [-0.15, -0.1) is 0 Å². The summed E-state index contributed by atoms with van der Waals surface area (Å²) < 4.78 is 8.63. The minimum Gasteiger partial charge on any atom is -0.488 e. The van der Waals surface area contributed by atoms with Gasteiger partial charge < -0.3 is 9.30 Å². The van der Waals surface area contributed by atoms with E-state index < -0.39 is 0 Å². The summed E-state index contributed by atoms with van der Waals surface area (Å²) in [5.41, 5.74) is 6.18. The summed E-state index contributed by atoms with van der Waals surface area (Å²) in [4.78, 5) is 5.10. The zero-order valence-electron chi connectivity index (χ0n) is 20.5. The van der Waals surface area contributed by atoms with E-state index in [0.29, 0.717) is 24.3 Å². The van der Waals surface area contributed by atoms with Crippen molar-refractivity contribution in [3.8, 4) is 29.3 Å². The Labute approximate surface area is 220 Å². The lowest BCUT2D eigenvalue weighted by Gasteiger charge is -2.16. The number of aromatic nitrogens is 2. The number of rotatable bonds is 6. The van der Waals surface area contributed by atoms with Gasteiger partial charge in [-0.1, -0.05) is 66.7 Å². The third kappa shape index (κ3) is 4.34. The van der Waals surface area contributed by atoms with Crippen molar-refractivity contribution in [1.29, 1.82) is 10.5 Å². The van der Waals surface area contributed by atoms with Gasteiger partial charge in [0.25, 0.3) is 0 Å². The van der Waals surface area contributed by atoms with Crippen LogP contribution in [-0.2, 0) is 13.2 Å². The summed E-state index contributed by atoms with van der Waals surface area (Å²) in [6.45, 7) is 0.965. The van der Waals surface area contributed by atoms with Crippen LogP contribution < -0.4 is 4.74 Å². The molecule has 0 unspecified atom stereocenters. The lowest BCUT2D eigenvalue weighted by molar-refractivity contribution is 0.307. The maximum Gasteiger partial charge on any atom is 0.145 e. The predicted octanol–water partition coefficient (Wildman–Crippen LogP) is 7.23. The first-order chi connectivity index (χ1) is 18.7. The topological polar surface area (TPSA) is 74.6 Å². The normalized spacial score (nSPS) is 10.8. The molecular formula is C33H22N4O. The summed E-state index contributed by atoms with van der Waals surface area (Å²) in [6.07, 6.45) is 0. The van der Waals surface area contributed by atoms with E-state index in [4.69, 9.17) is 15.0 Å². The van der Waals surface area contributed by atoms with Gasteiger partial charge in [-0.05, 0) is 64.4 Å². The maximum atomic E-state index is 9.22. The van der Waals surface area contributed by atoms with E-state index in [1.807, 2.05) is 72.8 Å². The van der Waals surface area contributed by atoms with E-state index in [2.05, 4.69) is 41.0 Å². The second kappa shape index (κ2) is 9.93. The van der Waals surface area contributed by atoms with Crippen molar-refractivity contribution in [2.75, 3.05) is 0 Å². The molecule has 0 atom stereocenters. The Morgan fingerprint density at radius 1 is 0.684 bits per heavy atom. The molecule has 0 spiro atoms. The van der Waals surface area contributed by atoms with Crippen LogP contribution in [-0.4, -0.2) is 9.55 Å². The first-order valence-corrected chi connectivity index (χ1v) is 12.3. The van der Waals surface area contributed by atoms with Crippen molar-refractivity contribution >= 4 is 21.8 Å². The minimum atomic E-state index is 0.368. The molecule has 0 aliphatic carbocycles. The first kappa shape index (κ1) is 23.0. The largest absolute Gasteiger partial charge is 0.488 e. The van der Waals surface area contributed by atoms with Crippen LogP contribution in [0.3, 0.4) is 0 Å². The Morgan fingerprint density at radius 2 is 1.34 bits per heavy atom. The fourth-order valence-corrected chi connectivity index (χ4v) is 4.73. The standard InChI is InChI=1S/C33H22N4O/c34-19-23-9-13-25(14-10-23)21-37-30-8-4-3-7-29(30)36-33(37)32-28-6-2-1-5-27(28)17-18-31(32)38-22-26-15-11-24(20-35)12-16-26/h1-18H,21-22H2. The Kier molecular flexibility index (Phi) is 6.02. The number of nitrogens with zero attached hydrogens (tertiary/aromatic N) is 4. The maximum absolute atomic E-state index is 9.22. The second-order valence-electron chi connectivity index (χ2n) is 9.08. The van der Waals surface area contributed by atoms with Crippen LogP contribution in [0.2, 0.25) is 0 Å². The van der Waals surface area contributed by atoms with Crippen LogP contribution >= 0.6 is 0 Å². The van der Waals surface area contributed by atoms with Crippen LogP contribution in [0, 0.1) is 22.7 Å². The van der Waals surface area contributed by atoms with Crippen molar-refractivity contribution in [2.24, 2.45) is 0 Å². The van der Waals surface area contributed by atoms with Gasteiger partial charge in [0.15, 0.2) is 0 Å². The Morgan fingerprint density at radius 3 is 2.08 bits per heavy atom. The molecular weight excluding hydrogens is 468 g/mol. The fourth-order valence-electron chi connectivity index (χ4n) is 4.73. The smallest absolute Gasteiger partial charge is 0.145 e. The van der Waals surface area contributed by atoms with Gasteiger partial charge in [0.1, 0.15) is 18.2 Å². The number of ether oxygens (including phenoxy) is 1. The molecule has 5 nitrogen and oxygen atoms in total. The van der Waals surface area contributed by atoms with E-state index in [1.165, 1.54) is 0 Å². The molecule has 38 heavy (non-hydrogen) atoms. The first-order valence-electron chi connectivity index (χ1n) is 12.3. The van der Waals surface area contributed by atoms with Gasteiger partial charge in [-0.25, -0.2) is 4.98 Å². The molecule has 0 aliphatic heterocycles. The van der Waals surface area contributed by atoms with E-state index >= 15 is 0 Å². The number of hydrogen-bond donors (Lipinski definition) is 0. The second-order valence-corrected chi connectivity index (χ2v) is 9.08. The average Bonchev–Trinajstić information content (AvgIpc) is 3.34. The molecule has 0 saturated carbocycles. The molecule has 0 bridgehead atoms. The molecule has 1 aromatic heterocycles. The Hall–Kier alpha value is -5.39. The number of fused-ring (bicyclic) bond motifs is 2. The van der Waals surface area contributed by atoms with Crippen LogP contribution in [0.4, 0.5) is 0 Å². The number of imidazole rings is 1. The highest BCUT2D eigenvalue weighted by Gasteiger charge is 2.20. The highest BCUT2D eigenvalue weighted by molar-refractivity contribution is 5.99. The molecule has 0 saturated heterocycles.